The first-order valence-electron chi connectivity index (χ1n) is 6.17. The molecule has 100 valence electrons. The summed E-state index contributed by atoms with van der Waals surface area (Å²) >= 11 is 0. The molecular weight excluding hydrogens is 244 g/mol. The van der Waals surface area contributed by atoms with Crippen LogP contribution in [-0.2, 0) is 24.6 Å². The summed E-state index contributed by atoms with van der Waals surface area (Å²) in [6.45, 7) is 2.07. The molecular formula is C13H16N4O2. The van der Waals surface area contributed by atoms with Crippen molar-refractivity contribution in [1.29, 1.82) is 0 Å². The predicted molar refractivity (Wildman–Crippen MR) is 68.6 cm³/mol. The zero-order chi connectivity index (χ0) is 13.7. The zero-order valence-electron chi connectivity index (χ0n) is 11.0. The van der Waals surface area contributed by atoms with Gasteiger partial charge in [0, 0.05) is 25.4 Å². The molecule has 0 unspecified atom stereocenters. The Morgan fingerprint density at radius 3 is 2.89 bits per heavy atom. The minimum Gasteiger partial charge on any atom is -0.460 e. The normalized spacial score (nSPS) is 10.4. The van der Waals surface area contributed by atoms with Gasteiger partial charge in [-0.2, -0.15) is 0 Å². The highest BCUT2D eigenvalue weighted by Crippen LogP contribution is 2.04. The van der Waals surface area contributed by atoms with E-state index in [4.69, 9.17) is 4.74 Å². The van der Waals surface area contributed by atoms with Gasteiger partial charge in [0.25, 0.3) is 5.82 Å². The van der Waals surface area contributed by atoms with Gasteiger partial charge in [-0.05, 0) is 25.5 Å². The molecule has 0 saturated carbocycles. The van der Waals surface area contributed by atoms with Crippen LogP contribution in [0.2, 0.25) is 0 Å². The molecule has 2 heterocycles. The summed E-state index contributed by atoms with van der Waals surface area (Å²) in [7, 11) is 1.77. The molecule has 0 radical (unpaired) electrons. The Labute approximate surface area is 111 Å². The first-order chi connectivity index (χ1) is 9.20. The summed E-state index contributed by atoms with van der Waals surface area (Å²) in [6.07, 6.45) is 3.20. The second-order valence-electron chi connectivity index (χ2n) is 4.02. The van der Waals surface area contributed by atoms with Crippen LogP contribution in [0.25, 0.3) is 0 Å². The van der Waals surface area contributed by atoms with Gasteiger partial charge in [-0.25, -0.2) is 9.78 Å². The van der Waals surface area contributed by atoms with Crippen LogP contribution < -0.4 is 0 Å². The first kappa shape index (κ1) is 13.2. The molecule has 0 spiro atoms. The Bertz CT molecular complexity index is 551. The van der Waals surface area contributed by atoms with Gasteiger partial charge in [-0.1, -0.05) is 6.07 Å². The molecule has 0 aliphatic carbocycles. The van der Waals surface area contributed by atoms with E-state index in [1.54, 1.807) is 24.9 Å². The third-order valence-corrected chi connectivity index (χ3v) is 2.64. The van der Waals surface area contributed by atoms with Crippen LogP contribution in [0.1, 0.15) is 29.1 Å². The Hall–Kier alpha value is -2.24. The average Bonchev–Trinajstić information content (AvgIpc) is 2.79. The highest BCUT2D eigenvalue weighted by atomic mass is 16.5. The molecule has 6 heteroatoms. The summed E-state index contributed by atoms with van der Waals surface area (Å²) in [5.74, 6) is 0.372. The minimum absolute atomic E-state index is 0.111. The number of ether oxygens (including phenoxy) is 1. The van der Waals surface area contributed by atoms with Gasteiger partial charge in [-0.3, -0.25) is 9.67 Å². The van der Waals surface area contributed by atoms with Crippen LogP contribution in [0.3, 0.4) is 0 Å². The summed E-state index contributed by atoms with van der Waals surface area (Å²) in [5, 5.41) is 4.05. The Balaban J connectivity index is 2.03. The number of esters is 1. The van der Waals surface area contributed by atoms with Crippen molar-refractivity contribution in [2.75, 3.05) is 6.61 Å². The molecule has 6 nitrogen and oxygen atoms in total. The molecule has 0 aliphatic rings. The van der Waals surface area contributed by atoms with Gasteiger partial charge in [-0.15, -0.1) is 5.10 Å². The van der Waals surface area contributed by atoms with Crippen molar-refractivity contribution in [3.63, 3.8) is 0 Å². The smallest absolute Gasteiger partial charge is 0.378 e. The summed E-state index contributed by atoms with van der Waals surface area (Å²) < 4.78 is 6.48. The third-order valence-electron chi connectivity index (χ3n) is 2.64. The maximum absolute atomic E-state index is 11.5. The van der Waals surface area contributed by atoms with E-state index in [9.17, 15) is 4.79 Å². The van der Waals surface area contributed by atoms with E-state index in [-0.39, 0.29) is 5.82 Å². The van der Waals surface area contributed by atoms with Gasteiger partial charge in [0.2, 0.25) is 0 Å². The van der Waals surface area contributed by atoms with Crippen LogP contribution >= 0.6 is 0 Å². The van der Waals surface area contributed by atoms with Crippen molar-refractivity contribution < 1.29 is 9.53 Å². The molecule has 0 amide bonds. The van der Waals surface area contributed by atoms with Crippen molar-refractivity contribution in [3.05, 3.63) is 41.7 Å². The monoisotopic (exact) mass is 260 g/mol. The lowest BCUT2D eigenvalue weighted by Gasteiger charge is -1.99. The van der Waals surface area contributed by atoms with Gasteiger partial charge in [0.15, 0.2) is 0 Å². The number of aromatic nitrogens is 4. The average molecular weight is 260 g/mol. The highest BCUT2D eigenvalue weighted by Gasteiger charge is 2.15. The lowest BCUT2D eigenvalue weighted by Crippen LogP contribution is -2.07. The van der Waals surface area contributed by atoms with E-state index in [2.05, 4.69) is 15.1 Å². The molecule has 2 aromatic heterocycles. The molecule has 19 heavy (non-hydrogen) atoms. The molecule has 0 aliphatic heterocycles. The SMILES string of the molecule is CCOC(=O)c1nc(CCc2ccccn2)n(C)n1. The number of rotatable bonds is 5. The van der Waals surface area contributed by atoms with Crippen molar-refractivity contribution in [2.45, 2.75) is 19.8 Å². The fourth-order valence-electron chi connectivity index (χ4n) is 1.70. The largest absolute Gasteiger partial charge is 0.460 e. The molecule has 0 bridgehead atoms. The fraction of sp³-hybridized carbons (Fsp3) is 0.385. The van der Waals surface area contributed by atoms with E-state index in [1.165, 1.54) is 0 Å². The summed E-state index contributed by atoms with van der Waals surface area (Å²) in [6, 6.07) is 5.79. The van der Waals surface area contributed by atoms with E-state index >= 15 is 0 Å². The maximum atomic E-state index is 11.5. The Kier molecular flexibility index (Phi) is 4.22. The summed E-state index contributed by atoms with van der Waals surface area (Å²) in [4.78, 5) is 20.0. The van der Waals surface area contributed by atoms with Crippen LogP contribution in [0, 0.1) is 0 Å². The van der Waals surface area contributed by atoms with Gasteiger partial charge >= 0.3 is 5.97 Å². The molecule has 0 aromatic carbocycles. The van der Waals surface area contributed by atoms with Crippen LogP contribution in [0.5, 0.6) is 0 Å². The van der Waals surface area contributed by atoms with E-state index in [0.29, 0.717) is 13.0 Å². The van der Waals surface area contributed by atoms with Gasteiger partial charge in [0.05, 0.1) is 6.61 Å². The topological polar surface area (TPSA) is 69.9 Å². The number of nitrogens with zero attached hydrogens (tertiary/aromatic N) is 4. The molecule has 2 rings (SSSR count). The van der Waals surface area contributed by atoms with Crippen LogP contribution in [-0.4, -0.2) is 32.3 Å². The summed E-state index contributed by atoms with van der Waals surface area (Å²) in [5.41, 5.74) is 0.989. The van der Waals surface area contributed by atoms with Crippen molar-refractivity contribution in [2.24, 2.45) is 7.05 Å². The molecule has 0 N–H and O–H groups in total. The predicted octanol–water partition coefficient (Wildman–Crippen LogP) is 1.17. The van der Waals surface area contributed by atoms with Gasteiger partial charge in [0.1, 0.15) is 5.82 Å². The lowest BCUT2D eigenvalue weighted by molar-refractivity contribution is 0.0512. The second kappa shape index (κ2) is 6.08. The van der Waals surface area contributed by atoms with Crippen LogP contribution in [0.15, 0.2) is 24.4 Å². The van der Waals surface area contributed by atoms with E-state index in [1.807, 2.05) is 18.2 Å². The Morgan fingerprint density at radius 2 is 2.21 bits per heavy atom. The number of pyridine rings is 1. The third kappa shape index (κ3) is 3.37. The standard InChI is InChI=1S/C13H16N4O2/c1-3-19-13(18)12-15-11(17(2)16-12)8-7-10-6-4-5-9-14-10/h4-6,9H,3,7-8H2,1-2H3. The molecule has 0 saturated heterocycles. The van der Waals surface area contributed by atoms with E-state index < -0.39 is 5.97 Å². The number of aryl methyl sites for hydroxylation is 3. The quantitative estimate of drug-likeness (QED) is 0.755. The molecule has 0 fully saturated rings. The zero-order valence-corrected chi connectivity index (χ0v) is 11.0. The lowest BCUT2D eigenvalue weighted by atomic mass is 10.2. The van der Waals surface area contributed by atoms with Gasteiger partial charge < -0.3 is 4.74 Å². The number of carbonyl (C=O) groups is 1. The Morgan fingerprint density at radius 1 is 1.37 bits per heavy atom. The number of hydrogen-bond acceptors (Lipinski definition) is 5. The van der Waals surface area contributed by atoms with Crippen LogP contribution in [0.4, 0.5) is 0 Å². The van der Waals surface area contributed by atoms with Crippen molar-refractivity contribution in [1.82, 2.24) is 19.7 Å². The van der Waals surface area contributed by atoms with Crippen molar-refractivity contribution >= 4 is 5.97 Å². The second-order valence-corrected chi connectivity index (χ2v) is 4.02. The highest BCUT2D eigenvalue weighted by molar-refractivity contribution is 5.84. The van der Waals surface area contributed by atoms with E-state index in [0.717, 1.165) is 17.9 Å². The minimum atomic E-state index is -0.484. The molecule has 0 atom stereocenters. The first-order valence-corrected chi connectivity index (χ1v) is 6.17. The maximum Gasteiger partial charge on any atom is 0.378 e. The number of hydrogen-bond donors (Lipinski definition) is 0. The molecule has 2 aromatic rings. The van der Waals surface area contributed by atoms with Crippen molar-refractivity contribution in [3.8, 4) is 0 Å². The fourth-order valence-corrected chi connectivity index (χ4v) is 1.70. The number of carbonyl (C=O) groups excluding carboxylic acids is 1.